The van der Waals surface area contributed by atoms with Crippen molar-refractivity contribution in [2.45, 2.75) is 71.3 Å². The topological polar surface area (TPSA) is 84.5 Å². The molecule has 4 saturated carbocycles. The van der Waals surface area contributed by atoms with Crippen molar-refractivity contribution >= 4 is 17.8 Å². The van der Waals surface area contributed by atoms with Gasteiger partial charge in [-0.2, -0.15) is 0 Å². The highest BCUT2D eigenvalue weighted by Gasteiger charge is 2.51. The highest BCUT2D eigenvalue weighted by Crippen LogP contribution is 2.61. The summed E-state index contributed by atoms with van der Waals surface area (Å²) in [4.78, 5) is 36.0. The van der Waals surface area contributed by atoms with Gasteiger partial charge in [-0.3, -0.25) is 14.4 Å². The maximum Gasteiger partial charge on any atom is 0.326 e. The number of carbonyl (C=O) groups excluding carboxylic acids is 3. The minimum Gasteiger partial charge on any atom is -0.451 e. The van der Waals surface area contributed by atoms with E-state index in [4.69, 9.17) is 4.74 Å². The molecule has 4 aliphatic rings. The lowest BCUT2D eigenvalue weighted by atomic mass is 9.49. The monoisotopic (exact) mass is 364 g/mol. The predicted molar refractivity (Wildman–Crippen MR) is 97.1 cm³/mol. The van der Waals surface area contributed by atoms with Crippen LogP contribution >= 0.6 is 0 Å². The van der Waals surface area contributed by atoms with Gasteiger partial charge in [0, 0.05) is 13.0 Å². The molecule has 0 aromatic carbocycles. The van der Waals surface area contributed by atoms with E-state index in [2.05, 4.69) is 10.6 Å². The van der Waals surface area contributed by atoms with Crippen LogP contribution in [-0.4, -0.2) is 37.0 Å². The number of hydrogen-bond acceptors (Lipinski definition) is 4. The van der Waals surface area contributed by atoms with Crippen LogP contribution in [0.2, 0.25) is 0 Å². The number of ether oxygens (including phenoxy) is 1. The summed E-state index contributed by atoms with van der Waals surface area (Å²) in [6, 6.07) is 0. The van der Waals surface area contributed by atoms with Crippen LogP contribution in [0, 0.1) is 23.2 Å². The molecular formula is C20H32N2O4. The number of nitrogens with one attached hydrogen (secondary N) is 2. The molecular weight excluding hydrogens is 332 g/mol. The fourth-order valence-electron chi connectivity index (χ4n) is 5.76. The zero-order valence-electron chi connectivity index (χ0n) is 16.0. The van der Waals surface area contributed by atoms with Gasteiger partial charge in [-0.15, -0.1) is 0 Å². The number of amides is 2. The average molecular weight is 364 g/mol. The molecule has 0 aromatic heterocycles. The summed E-state index contributed by atoms with van der Waals surface area (Å²) in [7, 11) is 0. The number of rotatable bonds is 8. The lowest BCUT2D eigenvalue weighted by molar-refractivity contribution is -0.154. The highest BCUT2D eigenvalue weighted by atomic mass is 16.5. The van der Waals surface area contributed by atoms with Crippen molar-refractivity contribution in [2.75, 3.05) is 13.1 Å². The SMILES string of the molecule is CCCNC(=O)[C@H](C)OC(=O)CNC(=O)CC12CC3CC(CC(C3)C1)C2. The van der Waals surface area contributed by atoms with Crippen molar-refractivity contribution < 1.29 is 19.1 Å². The van der Waals surface area contributed by atoms with E-state index in [0.717, 1.165) is 24.2 Å². The van der Waals surface area contributed by atoms with Gasteiger partial charge in [0.25, 0.3) is 5.91 Å². The molecule has 0 aliphatic heterocycles. The first-order valence-electron chi connectivity index (χ1n) is 10.1. The van der Waals surface area contributed by atoms with Crippen molar-refractivity contribution in [3.63, 3.8) is 0 Å². The standard InChI is InChI=1S/C20H32N2O4/c1-3-4-21-19(25)13(2)26-18(24)12-22-17(23)11-20-8-14-5-15(9-20)7-16(6-14)10-20/h13-16H,3-12H2,1-2H3,(H,21,25)(H,22,23)/t13-,14?,15?,16?,20?/m0/s1. The van der Waals surface area contributed by atoms with E-state index < -0.39 is 12.1 Å². The van der Waals surface area contributed by atoms with E-state index in [1.54, 1.807) is 6.92 Å². The first kappa shape index (κ1) is 19.2. The van der Waals surface area contributed by atoms with E-state index >= 15 is 0 Å². The van der Waals surface area contributed by atoms with Gasteiger partial charge in [0.05, 0.1) is 0 Å². The molecule has 2 amide bonds. The average Bonchev–Trinajstić information content (AvgIpc) is 2.56. The van der Waals surface area contributed by atoms with Gasteiger partial charge in [-0.05, 0) is 75.0 Å². The molecule has 0 aromatic rings. The molecule has 1 atom stereocenters. The second kappa shape index (κ2) is 7.97. The van der Waals surface area contributed by atoms with Crippen LogP contribution < -0.4 is 10.6 Å². The molecule has 4 rings (SSSR count). The molecule has 0 heterocycles. The lowest BCUT2D eigenvalue weighted by Gasteiger charge is -2.56. The van der Waals surface area contributed by atoms with Gasteiger partial charge < -0.3 is 15.4 Å². The molecule has 4 bridgehead atoms. The summed E-state index contributed by atoms with van der Waals surface area (Å²) in [5.41, 5.74) is 0.163. The zero-order chi connectivity index (χ0) is 18.7. The van der Waals surface area contributed by atoms with Crippen LogP contribution in [0.5, 0.6) is 0 Å². The largest absolute Gasteiger partial charge is 0.451 e. The minimum absolute atomic E-state index is 0.0630. The molecule has 146 valence electrons. The zero-order valence-corrected chi connectivity index (χ0v) is 16.0. The second-order valence-corrected chi connectivity index (χ2v) is 8.79. The smallest absolute Gasteiger partial charge is 0.326 e. The molecule has 0 saturated heterocycles. The number of hydrogen-bond donors (Lipinski definition) is 2. The van der Waals surface area contributed by atoms with Gasteiger partial charge in [0.2, 0.25) is 5.91 Å². The molecule has 0 spiro atoms. The Bertz CT molecular complexity index is 525. The Labute approximate surface area is 155 Å². The van der Waals surface area contributed by atoms with Crippen molar-refractivity contribution in [3.05, 3.63) is 0 Å². The van der Waals surface area contributed by atoms with E-state index in [0.29, 0.717) is 13.0 Å². The Morgan fingerprint density at radius 2 is 1.62 bits per heavy atom. The number of carbonyl (C=O) groups is 3. The molecule has 2 N–H and O–H groups in total. The van der Waals surface area contributed by atoms with E-state index in [1.807, 2.05) is 6.92 Å². The van der Waals surface area contributed by atoms with Crippen LogP contribution in [0.3, 0.4) is 0 Å². The van der Waals surface area contributed by atoms with Crippen LogP contribution in [0.25, 0.3) is 0 Å². The maximum atomic E-state index is 12.4. The molecule has 4 fully saturated rings. The molecule has 0 unspecified atom stereocenters. The van der Waals surface area contributed by atoms with Crippen LogP contribution in [0.4, 0.5) is 0 Å². The highest BCUT2D eigenvalue weighted by molar-refractivity contribution is 5.85. The number of esters is 1. The lowest BCUT2D eigenvalue weighted by Crippen LogP contribution is -2.48. The van der Waals surface area contributed by atoms with Crippen molar-refractivity contribution in [1.29, 1.82) is 0 Å². The molecule has 4 aliphatic carbocycles. The molecule has 26 heavy (non-hydrogen) atoms. The second-order valence-electron chi connectivity index (χ2n) is 8.79. The first-order chi connectivity index (χ1) is 12.4. The predicted octanol–water partition coefficient (Wildman–Crippen LogP) is 2.17. The molecule has 0 radical (unpaired) electrons. The Kier molecular flexibility index (Phi) is 5.88. The third-order valence-corrected chi connectivity index (χ3v) is 6.36. The van der Waals surface area contributed by atoms with Crippen molar-refractivity contribution in [3.8, 4) is 0 Å². The third-order valence-electron chi connectivity index (χ3n) is 6.36. The summed E-state index contributed by atoms with van der Waals surface area (Å²) >= 11 is 0. The third kappa shape index (κ3) is 4.57. The van der Waals surface area contributed by atoms with Gasteiger partial charge in [-0.25, -0.2) is 0 Å². The van der Waals surface area contributed by atoms with Gasteiger partial charge >= 0.3 is 5.97 Å². The van der Waals surface area contributed by atoms with Gasteiger partial charge in [0.1, 0.15) is 6.54 Å². The fourth-order valence-corrected chi connectivity index (χ4v) is 5.76. The van der Waals surface area contributed by atoms with Crippen molar-refractivity contribution in [2.24, 2.45) is 23.2 Å². The minimum atomic E-state index is -0.839. The van der Waals surface area contributed by atoms with E-state index in [1.165, 1.54) is 38.5 Å². The summed E-state index contributed by atoms with van der Waals surface area (Å²) in [5, 5.41) is 5.38. The van der Waals surface area contributed by atoms with E-state index in [9.17, 15) is 14.4 Å². The quantitative estimate of drug-likeness (QED) is 0.647. The normalized spacial score (nSPS) is 32.8. The molecule has 6 heteroatoms. The van der Waals surface area contributed by atoms with Crippen LogP contribution in [-0.2, 0) is 19.1 Å². The summed E-state index contributed by atoms with van der Waals surface area (Å²) in [6.07, 6.45) is 8.08. The van der Waals surface area contributed by atoms with E-state index in [-0.39, 0.29) is 23.8 Å². The van der Waals surface area contributed by atoms with Gasteiger partial charge in [0.15, 0.2) is 6.10 Å². The maximum absolute atomic E-state index is 12.4. The van der Waals surface area contributed by atoms with Gasteiger partial charge in [-0.1, -0.05) is 6.92 Å². The van der Waals surface area contributed by atoms with Crippen molar-refractivity contribution in [1.82, 2.24) is 10.6 Å². The summed E-state index contributed by atoms with van der Waals surface area (Å²) < 4.78 is 5.09. The van der Waals surface area contributed by atoms with Crippen LogP contribution in [0.1, 0.15) is 65.2 Å². The Hall–Kier alpha value is -1.59. The first-order valence-corrected chi connectivity index (χ1v) is 10.1. The molecule has 6 nitrogen and oxygen atoms in total. The van der Waals surface area contributed by atoms with Crippen LogP contribution in [0.15, 0.2) is 0 Å². The Morgan fingerprint density at radius 1 is 1.04 bits per heavy atom. The fraction of sp³-hybridized carbons (Fsp3) is 0.850. The summed E-state index contributed by atoms with van der Waals surface area (Å²) in [6.45, 7) is 3.88. The summed E-state index contributed by atoms with van der Waals surface area (Å²) in [5.74, 6) is 1.49. The Morgan fingerprint density at radius 3 is 2.15 bits per heavy atom. The Balaban J connectivity index is 1.40.